The summed E-state index contributed by atoms with van der Waals surface area (Å²) in [6, 6.07) is 7.92. The van der Waals surface area contributed by atoms with Gasteiger partial charge in [-0.3, -0.25) is 4.68 Å². The van der Waals surface area contributed by atoms with Gasteiger partial charge in [-0.2, -0.15) is 5.10 Å². The van der Waals surface area contributed by atoms with E-state index in [1.165, 1.54) is 11.3 Å². The highest BCUT2D eigenvalue weighted by molar-refractivity contribution is 9.10. The molecule has 0 spiro atoms. The van der Waals surface area contributed by atoms with Gasteiger partial charge in [0.2, 0.25) is 0 Å². The van der Waals surface area contributed by atoms with Crippen molar-refractivity contribution in [3.63, 3.8) is 0 Å². The van der Waals surface area contributed by atoms with Gasteiger partial charge in [-0.25, -0.2) is 0 Å². The Morgan fingerprint density at radius 1 is 1.31 bits per heavy atom. The van der Waals surface area contributed by atoms with Crippen LogP contribution in [0.25, 0.3) is 0 Å². The van der Waals surface area contributed by atoms with E-state index in [4.69, 9.17) is 5.73 Å². The summed E-state index contributed by atoms with van der Waals surface area (Å²) in [4.78, 5) is 0. The van der Waals surface area contributed by atoms with Gasteiger partial charge in [0.25, 0.3) is 0 Å². The van der Waals surface area contributed by atoms with Crippen molar-refractivity contribution in [1.82, 2.24) is 9.78 Å². The second-order valence-corrected chi connectivity index (χ2v) is 4.79. The van der Waals surface area contributed by atoms with E-state index in [2.05, 4.69) is 34.0 Å². The second-order valence-electron chi connectivity index (χ2n) is 3.94. The van der Waals surface area contributed by atoms with Crippen LogP contribution in [-0.4, -0.2) is 9.78 Å². The summed E-state index contributed by atoms with van der Waals surface area (Å²) < 4.78 is 3.02. The monoisotopic (exact) mass is 279 g/mol. The highest BCUT2D eigenvalue weighted by Gasteiger charge is 2.05. The predicted molar refractivity (Wildman–Crippen MR) is 69.4 cm³/mol. The quantitative estimate of drug-likeness (QED) is 0.860. The van der Waals surface area contributed by atoms with Gasteiger partial charge in [0, 0.05) is 15.9 Å². The molecule has 0 fully saturated rings. The molecule has 1 aromatic heterocycles. The summed E-state index contributed by atoms with van der Waals surface area (Å²) in [5.74, 6) is 0. The summed E-state index contributed by atoms with van der Waals surface area (Å²) in [6.45, 7) is 4.83. The van der Waals surface area contributed by atoms with Crippen LogP contribution < -0.4 is 5.73 Å². The smallest absolute Gasteiger partial charge is 0.0673 e. The summed E-state index contributed by atoms with van der Waals surface area (Å²) in [5.41, 5.74) is 9.86. The molecule has 16 heavy (non-hydrogen) atoms. The number of nitrogens with zero attached hydrogens (tertiary/aromatic N) is 2. The van der Waals surface area contributed by atoms with Gasteiger partial charge in [-0.05, 0) is 37.6 Å². The van der Waals surface area contributed by atoms with Crippen LogP contribution >= 0.6 is 15.9 Å². The number of aromatic nitrogens is 2. The third-order valence-electron chi connectivity index (χ3n) is 2.50. The molecule has 2 rings (SSSR count). The van der Waals surface area contributed by atoms with Crippen LogP contribution in [0.2, 0.25) is 0 Å². The first-order valence-corrected chi connectivity index (χ1v) is 5.90. The van der Waals surface area contributed by atoms with Gasteiger partial charge in [-0.15, -0.1) is 0 Å². The van der Waals surface area contributed by atoms with Crippen molar-refractivity contribution >= 4 is 21.6 Å². The Labute approximate surface area is 103 Å². The molecule has 0 saturated heterocycles. The Bertz CT molecular complexity index is 517. The average Bonchev–Trinajstić information content (AvgIpc) is 2.50. The third-order valence-corrected chi connectivity index (χ3v) is 3.24. The number of nitrogen functional groups attached to an aromatic ring is 1. The van der Waals surface area contributed by atoms with Crippen molar-refractivity contribution in [3.8, 4) is 0 Å². The Morgan fingerprint density at radius 3 is 2.62 bits per heavy atom. The Balaban J connectivity index is 2.30. The number of hydrogen-bond donors (Lipinski definition) is 1. The zero-order chi connectivity index (χ0) is 11.7. The number of aryl methyl sites for hydroxylation is 2. The first kappa shape index (κ1) is 11.2. The lowest BCUT2D eigenvalue weighted by atomic mass is 10.2. The lowest BCUT2D eigenvalue weighted by molar-refractivity contribution is 0.657. The van der Waals surface area contributed by atoms with Crippen molar-refractivity contribution in [1.29, 1.82) is 0 Å². The van der Waals surface area contributed by atoms with Gasteiger partial charge in [0.1, 0.15) is 0 Å². The molecule has 3 nitrogen and oxygen atoms in total. The number of halogens is 1. The summed E-state index contributed by atoms with van der Waals surface area (Å²) in [6.07, 6.45) is 0. The number of anilines is 1. The van der Waals surface area contributed by atoms with Gasteiger partial charge in [0.05, 0.1) is 12.2 Å². The zero-order valence-corrected chi connectivity index (χ0v) is 11.0. The summed E-state index contributed by atoms with van der Waals surface area (Å²) >= 11 is 3.51. The van der Waals surface area contributed by atoms with Gasteiger partial charge in [-0.1, -0.05) is 22.0 Å². The molecule has 84 valence electrons. The fourth-order valence-corrected chi connectivity index (χ4v) is 2.21. The molecule has 0 atom stereocenters. The number of benzene rings is 1. The molecule has 1 aromatic carbocycles. The SMILES string of the molecule is Cc1cc(C)n(Cc2ccc(N)cc2Br)n1. The van der Waals surface area contributed by atoms with Crippen LogP contribution in [0.5, 0.6) is 0 Å². The molecular weight excluding hydrogens is 266 g/mol. The standard InChI is InChI=1S/C12H14BrN3/c1-8-5-9(2)16(15-8)7-10-3-4-11(14)6-12(10)13/h3-6H,7,14H2,1-2H3. The minimum atomic E-state index is 0.764. The Morgan fingerprint density at radius 2 is 2.06 bits per heavy atom. The minimum Gasteiger partial charge on any atom is -0.399 e. The maximum absolute atomic E-state index is 5.70. The molecule has 2 aromatic rings. The molecule has 0 saturated carbocycles. The predicted octanol–water partition coefficient (Wildman–Crippen LogP) is 2.89. The lowest BCUT2D eigenvalue weighted by Crippen LogP contribution is -2.04. The first-order chi connectivity index (χ1) is 7.56. The number of hydrogen-bond acceptors (Lipinski definition) is 2. The van der Waals surface area contributed by atoms with Crippen LogP contribution in [0.15, 0.2) is 28.7 Å². The molecule has 0 radical (unpaired) electrons. The lowest BCUT2D eigenvalue weighted by Gasteiger charge is -2.07. The van der Waals surface area contributed by atoms with E-state index in [0.717, 1.165) is 22.4 Å². The van der Waals surface area contributed by atoms with Crippen LogP contribution in [0.1, 0.15) is 17.0 Å². The molecule has 0 aliphatic heterocycles. The highest BCUT2D eigenvalue weighted by Crippen LogP contribution is 2.21. The molecule has 0 aliphatic rings. The van der Waals surface area contributed by atoms with E-state index < -0.39 is 0 Å². The fourth-order valence-electron chi connectivity index (χ4n) is 1.69. The summed E-state index contributed by atoms with van der Waals surface area (Å²) in [7, 11) is 0. The van der Waals surface area contributed by atoms with Crippen molar-refractivity contribution in [2.45, 2.75) is 20.4 Å². The van der Waals surface area contributed by atoms with Crippen LogP contribution in [0.3, 0.4) is 0 Å². The highest BCUT2D eigenvalue weighted by atomic mass is 79.9. The van der Waals surface area contributed by atoms with Crippen LogP contribution in [-0.2, 0) is 6.54 Å². The van der Waals surface area contributed by atoms with Crippen molar-refractivity contribution in [2.75, 3.05) is 5.73 Å². The van der Waals surface area contributed by atoms with E-state index in [1.807, 2.05) is 29.8 Å². The first-order valence-electron chi connectivity index (χ1n) is 5.11. The molecule has 0 amide bonds. The number of nitrogens with two attached hydrogens (primary N) is 1. The molecule has 0 bridgehead atoms. The molecule has 0 unspecified atom stereocenters. The van der Waals surface area contributed by atoms with Crippen LogP contribution in [0.4, 0.5) is 5.69 Å². The average molecular weight is 280 g/mol. The van der Waals surface area contributed by atoms with Gasteiger partial charge in [0.15, 0.2) is 0 Å². The molecule has 1 heterocycles. The van der Waals surface area contributed by atoms with E-state index in [1.54, 1.807) is 0 Å². The second kappa shape index (κ2) is 4.29. The maximum atomic E-state index is 5.70. The van der Waals surface area contributed by atoms with E-state index in [9.17, 15) is 0 Å². The number of rotatable bonds is 2. The molecular formula is C12H14BrN3. The normalized spacial score (nSPS) is 10.7. The maximum Gasteiger partial charge on any atom is 0.0673 e. The van der Waals surface area contributed by atoms with Crippen molar-refractivity contribution in [3.05, 3.63) is 45.7 Å². The summed E-state index contributed by atoms with van der Waals surface area (Å²) in [5, 5.41) is 4.43. The Hall–Kier alpha value is -1.29. The van der Waals surface area contributed by atoms with Crippen LogP contribution in [0, 0.1) is 13.8 Å². The van der Waals surface area contributed by atoms with Gasteiger partial charge >= 0.3 is 0 Å². The van der Waals surface area contributed by atoms with E-state index >= 15 is 0 Å². The largest absolute Gasteiger partial charge is 0.399 e. The van der Waals surface area contributed by atoms with Crippen molar-refractivity contribution in [2.24, 2.45) is 0 Å². The van der Waals surface area contributed by atoms with Gasteiger partial charge < -0.3 is 5.73 Å². The minimum absolute atomic E-state index is 0.764. The topological polar surface area (TPSA) is 43.8 Å². The zero-order valence-electron chi connectivity index (χ0n) is 9.37. The third kappa shape index (κ3) is 2.27. The Kier molecular flexibility index (Phi) is 3.01. The van der Waals surface area contributed by atoms with E-state index in [0.29, 0.717) is 0 Å². The molecule has 0 aliphatic carbocycles. The fraction of sp³-hybridized carbons (Fsp3) is 0.250. The van der Waals surface area contributed by atoms with Crippen molar-refractivity contribution < 1.29 is 0 Å². The molecule has 4 heteroatoms. The van der Waals surface area contributed by atoms with E-state index in [-0.39, 0.29) is 0 Å². The molecule has 2 N–H and O–H groups in total.